The van der Waals surface area contributed by atoms with Gasteiger partial charge in [-0.3, -0.25) is 4.79 Å². The number of rotatable bonds is 6. The summed E-state index contributed by atoms with van der Waals surface area (Å²) >= 11 is 0. The van der Waals surface area contributed by atoms with E-state index in [9.17, 15) is 9.90 Å². The summed E-state index contributed by atoms with van der Waals surface area (Å²) in [6, 6.07) is 14.0. The molecule has 0 atom stereocenters. The van der Waals surface area contributed by atoms with E-state index < -0.39 is 5.91 Å². The van der Waals surface area contributed by atoms with Crippen LogP contribution in [0.5, 0.6) is 23.0 Å². The maximum Gasteiger partial charge on any atom is 0.275 e. The highest BCUT2D eigenvalue weighted by atomic mass is 16.5. The number of amides is 1. The number of fused-ring (bicyclic) bond motifs is 1. The molecule has 144 valence electrons. The second-order valence-electron chi connectivity index (χ2n) is 5.86. The molecule has 0 bridgehead atoms. The average Bonchev–Trinajstić information content (AvgIpc) is 2.72. The van der Waals surface area contributed by atoms with Gasteiger partial charge in [0.05, 0.1) is 33.1 Å². The largest absolute Gasteiger partial charge is 0.507 e. The van der Waals surface area contributed by atoms with Gasteiger partial charge >= 0.3 is 0 Å². The molecular formula is C21H20N2O5. The first-order valence-corrected chi connectivity index (χ1v) is 8.42. The van der Waals surface area contributed by atoms with Crippen molar-refractivity contribution in [2.75, 3.05) is 21.3 Å². The SMILES string of the molecule is COc1cc(OC)c(OC)cc1/C=N/NC(=O)c1cc2ccccc2cc1O. The first kappa shape index (κ1) is 19.0. The fourth-order valence-corrected chi connectivity index (χ4v) is 2.78. The highest BCUT2D eigenvalue weighted by Gasteiger charge is 2.13. The summed E-state index contributed by atoms with van der Waals surface area (Å²) in [5.74, 6) is 0.878. The Bertz CT molecular complexity index is 1050. The molecule has 0 aliphatic carbocycles. The molecule has 0 aromatic heterocycles. The van der Waals surface area contributed by atoms with E-state index in [1.807, 2.05) is 24.3 Å². The fourth-order valence-electron chi connectivity index (χ4n) is 2.78. The predicted molar refractivity (Wildman–Crippen MR) is 107 cm³/mol. The topological polar surface area (TPSA) is 89.4 Å². The van der Waals surface area contributed by atoms with Gasteiger partial charge in [-0.15, -0.1) is 0 Å². The van der Waals surface area contributed by atoms with Crippen LogP contribution >= 0.6 is 0 Å². The van der Waals surface area contributed by atoms with E-state index in [0.29, 0.717) is 22.8 Å². The van der Waals surface area contributed by atoms with Gasteiger partial charge in [-0.05, 0) is 29.0 Å². The van der Waals surface area contributed by atoms with Crippen molar-refractivity contribution in [2.24, 2.45) is 5.10 Å². The Kier molecular flexibility index (Phi) is 5.64. The monoisotopic (exact) mass is 380 g/mol. The van der Waals surface area contributed by atoms with Crippen molar-refractivity contribution in [1.29, 1.82) is 0 Å². The third-order valence-electron chi connectivity index (χ3n) is 4.21. The van der Waals surface area contributed by atoms with Crippen LogP contribution in [0.1, 0.15) is 15.9 Å². The zero-order chi connectivity index (χ0) is 20.1. The summed E-state index contributed by atoms with van der Waals surface area (Å²) in [7, 11) is 4.57. The van der Waals surface area contributed by atoms with Crippen LogP contribution in [0.3, 0.4) is 0 Å². The number of hydrogen-bond acceptors (Lipinski definition) is 6. The Hall–Kier alpha value is -3.74. The van der Waals surface area contributed by atoms with Gasteiger partial charge in [0, 0.05) is 11.6 Å². The number of phenolic OH excluding ortho intramolecular Hbond substituents is 1. The van der Waals surface area contributed by atoms with Crippen molar-refractivity contribution in [1.82, 2.24) is 5.43 Å². The van der Waals surface area contributed by atoms with Crippen molar-refractivity contribution >= 4 is 22.9 Å². The lowest BCUT2D eigenvalue weighted by atomic mass is 10.1. The van der Waals surface area contributed by atoms with Crippen LogP contribution in [0.25, 0.3) is 10.8 Å². The van der Waals surface area contributed by atoms with Crippen LogP contribution in [0.4, 0.5) is 0 Å². The normalized spacial score (nSPS) is 10.8. The summed E-state index contributed by atoms with van der Waals surface area (Å²) in [4.78, 5) is 12.4. The lowest BCUT2D eigenvalue weighted by molar-refractivity contribution is 0.0952. The Labute approximate surface area is 162 Å². The van der Waals surface area contributed by atoms with Gasteiger partial charge < -0.3 is 19.3 Å². The van der Waals surface area contributed by atoms with E-state index in [2.05, 4.69) is 10.5 Å². The van der Waals surface area contributed by atoms with Gasteiger partial charge in [-0.25, -0.2) is 5.43 Å². The minimum absolute atomic E-state index is 0.116. The molecule has 3 rings (SSSR count). The number of hydrazone groups is 1. The van der Waals surface area contributed by atoms with Gasteiger partial charge in [-0.2, -0.15) is 5.10 Å². The Morgan fingerprint density at radius 3 is 2.18 bits per heavy atom. The highest BCUT2D eigenvalue weighted by Crippen LogP contribution is 2.33. The summed E-state index contributed by atoms with van der Waals surface area (Å²) in [5, 5.41) is 15.8. The second kappa shape index (κ2) is 8.30. The van der Waals surface area contributed by atoms with E-state index in [4.69, 9.17) is 14.2 Å². The first-order chi connectivity index (χ1) is 13.6. The van der Waals surface area contributed by atoms with E-state index in [1.54, 1.807) is 24.3 Å². The molecule has 0 saturated heterocycles. The number of hydrogen-bond donors (Lipinski definition) is 2. The third-order valence-corrected chi connectivity index (χ3v) is 4.21. The first-order valence-electron chi connectivity index (χ1n) is 8.42. The zero-order valence-electron chi connectivity index (χ0n) is 15.7. The van der Waals surface area contributed by atoms with Crippen LogP contribution in [0.15, 0.2) is 53.6 Å². The van der Waals surface area contributed by atoms with E-state index in [0.717, 1.165) is 10.8 Å². The molecule has 0 fully saturated rings. The minimum Gasteiger partial charge on any atom is -0.507 e. The predicted octanol–water partition coefficient (Wildman–Crippen LogP) is 3.34. The van der Waals surface area contributed by atoms with Gasteiger partial charge in [0.1, 0.15) is 11.5 Å². The third kappa shape index (κ3) is 3.83. The second-order valence-corrected chi connectivity index (χ2v) is 5.86. The molecular weight excluding hydrogens is 360 g/mol. The Balaban J connectivity index is 1.83. The lowest BCUT2D eigenvalue weighted by Gasteiger charge is -2.11. The van der Waals surface area contributed by atoms with Crippen LogP contribution in [-0.4, -0.2) is 38.6 Å². The fraction of sp³-hybridized carbons (Fsp3) is 0.143. The number of ether oxygens (including phenoxy) is 3. The van der Waals surface area contributed by atoms with Crippen molar-refractivity contribution in [3.63, 3.8) is 0 Å². The number of carbonyl (C=O) groups is 1. The quantitative estimate of drug-likeness (QED) is 0.506. The zero-order valence-corrected chi connectivity index (χ0v) is 15.7. The van der Waals surface area contributed by atoms with E-state index >= 15 is 0 Å². The maximum absolute atomic E-state index is 12.4. The summed E-state index contributed by atoms with van der Waals surface area (Å²) in [6.07, 6.45) is 1.43. The summed E-state index contributed by atoms with van der Waals surface area (Å²) in [6.45, 7) is 0. The van der Waals surface area contributed by atoms with Crippen molar-refractivity contribution in [2.45, 2.75) is 0 Å². The number of aromatic hydroxyl groups is 1. The number of benzene rings is 3. The molecule has 7 nitrogen and oxygen atoms in total. The summed E-state index contributed by atoms with van der Waals surface area (Å²) < 4.78 is 15.8. The van der Waals surface area contributed by atoms with Crippen molar-refractivity contribution in [3.8, 4) is 23.0 Å². The minimum atomic E-state index is -0.529. The molecule has 1 amide bonds. The molecule has 0 aliphatic heterocycles. The van der Waals surface area contributed by atoms with Crippen LogP contribution in [0.2, 0.25) is 0 Å². The van der Waals surface area contributed by atoms with Crippen LogP contribution in [-0.2, 0) is 0 Å². The van der Waals surface area contributed by atoms with E-state index in [1.165, 1.54) is 27.5 Å². The van der Waals surface area contributed by atoms with Crippen molar-refractivity contribution < 1.29 is 24.1 Å². The molecule has 28 heavy (non-hydrogen) atoms. The lowest BCUT2D eigenvalue weighted by Crippen LogP contribution is -2.17. The van der Waals surface area contributed by atoms with Gasteiger partial charge in [0.15, 0.2) is 11.5 Å². The highest BCUT2D eigenvalue weighted by molar-refractivity contribution is 6.01. The number of nitrogens with one attached hydrogen (secondary N) is 1. The number of carbonyl (C=O) groups excluding carboxylic acids is 1. The standard InChI is InChI=1S/C21H20N2O5/c1-26-18-11-20(28-3)19(27-2)10-15(18)12-22-23-21(25)16-8-13-6-4-5-7-14(13)9-17(16)24/h4-12,24H,1-3H3,(H,23,25)/b22-12+. The van der Waals surface area contributed by atoms with E-state index in [-0.39, 0.29) is 11.3 Å². The molecule has 0 unspecified atom stereocenters. The van der Waals surface area contributed by atoms with Crippen molar-refractivity contribution in [3.05, 3.63) is 59.7 Å². The molecule has 0 radical (unpaired) electrons. The maximum atomic E-state index is 12.4. The smallest absolute Gasteiger partial charge is 0.275 e. The molecule has 0 heterocycles. The molecule has 0 spiro atoms. The molecule has 3 aromatic rings. The molecule has 0 aliphatic rings. The molecule has 0 saturated carbocycles. The number of nitrogens with zero attached hydrogens (tertiary/aromatic N) is 1. The van der Waals surface area contributed by atoms with Gasteiger partial charge in [-0.1, -0.05) is 24.3 Å². The molecule has 2 N–H and O–H groups in total. The van der Waals surface area contributed by atoms with Crippen LogP contribution in [0, 0.1) is 0 Å². The Morgan fingerprint density at radius 1 is 0.929 bits per heavy atom. The number of phenols is 1. The Morgan fingerprint density at radius 2 is 1.54 bits per heavy atom. The average molecular weight is 380 g/mol. The molecule has 3 aromatic carbocycles. The molecule has 7 heteroatoms. The van der Waals surface area contributed by atoms with Crippen LogP contribution < -0.4 is 19.6 Å². The van der Waals surface area contributed by atoms with Gasteiger partial charge in [0.2, 0.25) is 0 Å². The summed E-state index contributed by atoms with van der Waals surface area (Å²) in [5.41, 5.74) is 3.13. The van der Waals surface area contributed by atoms with Gasteiger partial charge in [0.25, 0.3) is 5.91 Å². The number of methoxy groups -OCH3 is 3.